The van der Waals surface area contributed by atoms with Crippen LogP contribution in [0.25, 0.3) is 0 Å². The van der Waals surface area contributed by atoms with Crippen LogP contribution in [-0.4, -0.2) is 34.5 Å². The number of hydrogen-bond acceptors (Lipinski definition) is 4. The monoisotopic (exact) mass is 445 g/mol. The molecule has 6 nitrogen and oxygen atoms in total. The number of hydrogen-bond donors (Lipinski definition) is 2. The second-order valence-electron chi connectivity index (χ2n) is 8.62. The topological polar surface area (TPSA) is 80.3 Å². The predicted octanol–water partition coefficient (Wildman–Crippen LogP) is 3.89. The number of carbonyl (C=O) groups excluding carboxylic acids is 2. The van der Waals surface area contributed by atoms with Gasteiger partial charge in [0.05, 0.1) is 5.02 Å². The Bertz CT molecular complexity index is 977. The van der Waals surface area contributed by atoms with Crippen LogP contribution in [0, 0.1) is 11.7 Å². The molecule has 3 aliphatic rings. The van der Waals surface area contributed by atoms with Gasteiger partial charge in [-0.15, -0.1) is 0 Å². The molecule has 1 atom stereocenters. The Morgan fingerprint density at radius 2 is 1.97 bits per heavy atom. The van der Waals surface area contributed by atoms with Gasteiger partial charge in [-0.2, -0.15) is 0 Å². The second-order valence-corrected chi connectivity index (χ2v) is 9.03. The normalized spacial score (nSPS) is 26.9. The maximum Gasteiger partial charge on any atom is 0.270 e. The molecule has 0 spiro atoms. The Morgan fingerprint density at radius 1 is 1.19 bits per heavy atom. The maximum atomic E-state index is 13.5. The molecular formula is C23H25ClFN3O3. The lowest BCUT2D eigenvalue weighted by Gasteiger charge is -2.57. The molecule has 31 heavy (non-hydrogen) atoms. The average Bonchev–Trinajstić information content (AvgIpc) is 2.76. The van der Waals surface area contributed by atoms with Crippen molar-refractivity contribution in [3.63, 3.8) is 0 Å². The number of ether oxygens (including phenoxy) is 1. The highest BCUT2D eigenvalue weighted by Gasteiger charge is 2.54. The summed E-state index contributed by atoms with van der Waals surface area (Å²) in [6.07, 6.45) is 5.52. The molecule has 0 unspecified atom stereocenters. The number of rotatable bonds is 6. The minimum absolute atomic E-state index is 0.00714. The Labute approximate surface area is 185 Å². The van der Waals surface area contributed by atoms with Gasteiger partial charge in [0.15, 0.2) is 6.61 Å². The van der Waals surface area contributed by atoms with Crippen molar-refractivity contribution in [3.05, 3.63) is 59.1 Å². The molecule has 2 bridgehead atoms. The SMILES string of the molecule is C[C@H]1CC2(NC(=O)COc3ccc(Cl)c(F)c3)CCC1(NC(=O)c1ccccn1)CC2. The van der Waals surface area contributed by atoms with Crippen molar-refractivity contribution < 1.29 is 18.7 Å². The van der Waals surface area contributed by atoms with E-state index in [9.17, 15) is 14.0 Å². The van der Waals surface area contributed by atoms with Crippen molar-refractivity contribution in [1.82, 2.24) is 15.6 Å². The molecule has 5 rings (SSSR count). The van der Waals surface area contributed by atoms with E-state index in [4.69, 9.17) is 16.3 Å². The van der Waals surface area contributed by atoms with Crippen LogP contribution >= 0.6 is 11.6 Å². The molecule has 0 saturated heterocycles. The first kappa shape index (κ1) is 21.6. The predicted molar refractivity (Wildman–Crippen MR) is 114 cm³/mol. The van der Waals surface area contributed by atoms with E-state index in [1.54, 1.807) is 24.4 Å². The zero-order valence-corrected chi connectivity index (χ0v) is 18.0. The molecule has 2 aromatic rings. The molecule has 164 valence electrons. The van der Waals surface area contributed by atoms with Crippen molar-refractivity contribution in [2.75, 3.05) is 6.61 Å². The van der Waals surface area contributed by atoms with Gasteiger partial charge in [-0.05, 0) is 62.3 Å². The molecule has 3 fully saturated rings. The number of aromatic nitrogens is 1. The Kier molecular flexibility index (Phi) is 5.88. The molecule has 8 heteroatoms. The van der Waals surface area contributed by atoms with Crippen molar-refractivity contribution in [2.24, 2.45) is 5.92 Å². The van der Waals surface area contributed by atoms with Crippen LogP contribution < -0.4 is 15.4 Å². The summed E-state index contributed by atoms with van der Waals surface area (Å²) in [6.45, 7) is 1.92. The lowest BCUT2D eigenvalue weighted by Crippen LogP contribution is -2.67. The van der Waals surface area contributed by atoms with Crippen LogP contribution in [0.3, 0.4) is 0 Å². The van der Waals surface area contributed by atoms with Gasteiger partial charge in [-0.25, -0.2) is 4.39 Å². The van der Waals surface area contributed by atoms with Gasteiger partial charge >= 0.3 is 0 Å². The van der Waals surface area contributed by atoms with Crippen LogP contribution in [0.4, 0.5) is 4.39 Å². The first-order valence-electron chi connectivity index (χ1n) is 10.4. The van der Waals surface area contributed by atoms with E-state index in [1.165, 1.54) is 12.1 Å². The van der Waals surface area contributed by atoms with Gasteiger partial charge in [-0.3, -0.25) is 14.6 Å². The fraction of sp³-hybridized carbons (Fsp3) is 0.435. The van der Waals surface area contributed by atoms with Gasteiger partial charge in [-0.1, -0.05) is 24.6 Å². The lowest BCUT2D eigenvalue weighted by molar-refractivity contribution is -0.127. The van der Waals surface area contributed by atoms with Crippen LogP contribution in [-0.2, 0) is 4.79 Å². The molecule has 1 aromatic heterocycles. The van der Waals surface area contributed by atoms with Gasteiger partial charge in [0.1, 0.15) is 17.3 Å². The fourth-order valence-corrected chi connectivity index (χ4v) is 5.03. The van der Waals surface area contributed by atoms with Gasteiger partial charge in [0, 0.05) is 23.3 Å². The zero-order chi connectivity index (χ0) is 22.1. The number of nitrogens with one attached hydrogen (secondary N) is 2. The summed E-state index contributed by atoms with van der Waals surface area (Å²) in [5.74, 6) is -0.527. The van der Waals surface area contributed by atoms with Crippen LogP contribution in [0.5, 0.6) is 5.75 Å². The third-order valence-corrected chi connectivity index (χ3v) is 6.97. The highest BCUT2D eigenvalue weighted by Crippen LogP contribution is 2.50. The third kappa shape index (κ3) is 4.51. The van der Waals surface area contributed by atoms with Crippen LogP contribution in [0.15, 0.2) is 42.6 Å². The molecule has 2 amide bonds. The number of nitrogens with zero attached hydrogens (tertiary/aromatic N) is 1. The number of halogens is 2. The van der Waals surface area contributed by atoms with Gasteiger partial charge in [0.2, 0.25) is 0 Å². The molecular weight excluding hydrogens is 421 g/mol. The summed E-state index contributed by atoms with van der Waals surface area (Å²) in [5.41, 5.74) is -0.170. The Balaban J connectivity index is 1.34. The van der Waals surface area contributed by atoms with Crippen molar-refractivity contribution in [1.29, 1.82) is 0 Å². The Morgan fingerprint density at radius 3 is 2.61 bits per heavy atom. The maximum absolute atomic E-state index is 13.5. The summed E-state index contributed by atoms with van der Waals surface area (Å²) in [7, 11) is 0. The van der Waals surface area contributed by atoms with Crippen molar-refractivity contribution >= 4 is 23.4 Å². The van der Waals surface area contributed by atoms with Gasteiger partial charge < -0.3 is 15.4 Å². The summed E-state index contributed by atoms with van der Waals surface area (Å²) in [5, 5.41) is 6.38. The minimum Gasteiger partial charge on any atom is -0.484 e. The minimum atomic E-state index is -0.587. The molecule has 1 heterocycles. The Hall–Kier alpha value is -2.67. The van der Waals surface area contributed by atoms with Crippen molar-refractivity contribution in [3.8, 4) is 5.75 Å². The number of carbonyl (C=O) groups is 2. The van der Waals surface area contributed by atoms with E-state index < -0.39 is 5.82 Å². The smallest absolute Gasteiger partial charge is 0.270 e. The van der Waals surface area contributed by atoms with E-state index in [0.29, 0.717) is 5.69 Å². The molecule has 0 aliphatic heterocycles. The molecule has 0 radical (unpaired) electrons. The summed E-state index contributed by atoms with van der Waals surface area (Å²) < 4.78 is 18.9. The highest BCUT2D eigenvalue weighted by atomic mass is 35.5. The zero-order valence-electron chi connectivity index (χ0n) is 17.3. The number of pyridine rings is 1. The van der Waals surface area contributed by atoms with E-state index in [0.717, 1.165) is 38.2 Å². The first-order chi connectivity index (χ1) is 14.8. The molecule has 3 saturated carbocycles. The number of benzene rings is 1. The highest BCUT2D eigenvalue weighted by molar-refractivity contribution is 6.30. The van der Waals surface area contributed by atoms with E-state index in [2.05, 4.69) is 22.5 Å². The molecule has 3 aliphatic carbocycles. The standard InChI is InChI=1S/C23H25ClFN3O3/c1-15-13-22(27-20(29)14-31-16-5-6-17(24)18(25)12-16)7-9-23(15,10-8-22)28-21(30)19-4-2-3-11-26-19/h2-6,11-12,15H,7-10,13-14H2,1H3,(H,27,29)(H,28,30)/t15-,22?,23?/m0/s1. The summed E-state index contributed by atoms with van der Waals surface area (Å²) in [4.78, 5) is 29.3. The largest absolute Gasteiger partial charge is 0.484 e. The second kappa shape index (κ2) is 8.46. The molecule has 2 N–H and O–H groups in total. The van der Waals surface area contributed by atoms with E-state index in [-0.39, 0.29) is 46.2 Å². The quantitative estimate of drug-likeness (QED) is 0.706. The number of fused-ring (bicyclic) bond motifs is 3. The van der Waals surface area contributed by atoms with Gasteiger partial charge in [0.25, 0.3) is 11.8 Å². The van der Waals surface area contributed by atoms with Crippen LogP contribution in [0.2, 0.25) is 5.02 Å². The lowest BCUT2D eigenvalue weighted by atomic mass is 9.56. The average molecular weight is 446 g/mol. The van der Waals surface area contributed by atoms with E-state index in [1.807, 2.05) is 0 Å². The number of amides is 2. The van der Waals surface area contributed by atoms with Crippen molar-refractivity contribution in [2.45, 2.75) is 50.1 Å². The third-order valence-electron chi connectivity index (χ3n) is 6.67. The molecule has 1 aromatic carbocycles. The first-order valence-corrected chi connectivity index (χ1v) is 10.8. The summed E-state index contributed by atoms with van der Waals surface area (Å²) in [6, 6.07) is 9.37. The van der Waals surface area contributed by atoms with Crippen LogP contribution in [0.1, 0.15) is 49.5 Å². The van der Waals surface area contributed by atoms with E-state index >= 15 is 0 Å². The fourth-order valence-electron chi connectivity index (χ4n) is 4.91. The summed E-state index contributed by atoms with van der Waals surface area (Å²) >= 11 is 5.67.